The number of ether oxygens (including phenoxy) is 1. The Balaban J connectivity index is 2.54. The average molecular weight is 184 g/mol. The van der Waals surface area contributed by atoms with Gasteiger partial charge in [-0.15, -0.1) is 0 Å². The standard InChI is InChI=1S/C8H12N2O3/c1-5-3-6(10-13-5)4-7(9)8(11)12-2/h3,7H,4,9H2,1-2H3. The van der Waals surface area contributed by atoms with Crippen molar-refractivity contribution in [2.45, 2.75) is 19.4 Å². The van der Waals surface area contributed by atoms with Gasteiger partial charge in [0.05, 0.1) is 12.8 Å². The van der Waals surface area contributed by atoms with Crippen LogP contribution < -0.4 is 5.73 Å². The van der Waals surface area contributed by atoms with Crippen molar-refractivity contribution in [1.29, 1.82) is 0 Å². The van der Waals surface area contributed by atoms with E-state index in [-0.39, 0.29) is 0 Å². The molecule has 0 aromatic carbocycles. The monoisotopic (exact) mass is 184 g/mol. The molecule has 1 rings (SSSR count). The molecular formula is C8H12N2O3. The largest absolute Gasteiger partial charge is 0.468 e. The minimum absolute atomic E-state index is 0.337. The number of hydrogen-bond acceptors (Lipinski definition) is 5. The summed E-state index contributed by atoms with van der Waals surface area (Å²) in [5.41, 5.74) is 6.18. The van der Waals surface area contributed by atoms with E-state index in [9.17, 15) is 4.79 Å². The number of aromatic nitrogens is 1. The number of aryl methyl sites for hydroxylation is 1. The van der Waals surface area contributed by atoms with Crippen LogP contribution in [0.3, 0.4) is 0 Å². The van der Waals surface area contributed by atoms with Gasteiger partial charge in [-0.2, -0.15) is 0 Å². The second-order valence-electron chi connectivity index (χ2n) is 2.76. The number of hydrogen-bond donors (Lipinski definition) is 1. The summed E-state index contributed by atoms with van der Waals surface area (Å²) in [5.74, 6) is 0.257. The van der Waals surface area contributed by atoms with Gasteiger partial charge >= 0.3 is 5.97 Å². The molecule has 1 heterocycles. The fourth-order valence-electron chi connectivity index (χ4n) is 0.974. The highest BCUT2D eigenvalue weighted by molar-refractivity contribution is 5.75. The van der Waals surface area contributed by atoms with E-state index < -0.39 is 12.0 Å². The Bertz CT molecular complexity index is 295. The number of nitrogens with zero attached hydrogens (tertiary/aromatic N) is 1. The van der Waals surface area contributed by atoms with Crippen LogP contribution in [0.1, 0.15) is 11.5 Å². The van der Waals surface area contributed by atoms with Crippen molar-refractivity contribution < 1.29 is 14.1 Å². The maximum atomic E-state index is 10.9. The van der Waals surface area contributed by atoms with Gasteiger partial charge in [-0.05, 0) is 6.92 Å². The van der Waals surface area contributed by atoms with Crippen molar-refractivity contribution in [1.82, 2.24) is 5.16 Å². The van der Waals surface area contributed by atoms with Gasteiger partial charge in [-0.25, -0.2) is 0 Å². The van der Waals surface area contributed by atoms with Crippen LogP contribution in [0, 0.1) is 6.92 Å². The van der Waals surface area contributed by atoms with Gasteiger partial charge in [0.15, 0.2) is 0 Å². The third kappa shape index (κ3) is 2.55. The highest BCUT2D eigenvalue weighted by atomic mass is 16.5. The van der Waals surface area contributed by atoms with Crippen LogP contribution in [-0.4, -0.2) is 24.3 Å². The van der Waals surface area contributed by atoms with Gasteiger partial charge in [0, 0.05) is 12.5 Å². The lowest BCUT2D eigenvalue weighted by atomic mass is 10.1. The van der Waals surface area contributed by atoms with Crippen LogP contribution in [-0.2, 0) is 16.0 Å². The first-order valence-electron chi connectivity index (χ1n) is 3.89. The van der Waals surface area contributed by atoms with E-state index >= 15 is 0 Å². The predicted octanol–water partition coefficient (Wildman–Crippen LogP) is 0.0258. The zero-order valence-electron chi connectivity index (χ0n) is 7.61. The van der Waals surface area contributed by atoms with Crippen LogP contribution in [0.15, 0.2) is 10.6 Å². The molecule has 72 valence electrons. The van der Waals surface area contributed by atoms with Crippen molar-refractivity contribution in [2.24, 2.45) is 5.73 Å². The maximum Gasteiger partial charge on any atom is 0.323 e. The van der Waals surface area contributed by atoms with Gasteiger partial charge in [-0.3, -0.25) is 4.79 Å². The smallest absolute Gasteiger partial charge is 0.323 e. The molecule has 0 saturated heterocycles. The fourth-order valence-corrected chi connectivity index (χ4v) is 0.974. The molecule has 0 amide bonds. The topological polar surface area (TPSA) is 78.4 Å². The molecular weight excluding hydrogens is 172 g/mol. The summed E-state index contributed by atoms with van der Waals surface area (Å²) in [7, 11) is 1.30. The van der Waals surface area contributed by atoms with Gasteiger partial charge in [0.1, 0.15) is 11.8 Å². The molecule has 1 atom stereocenters. The quantitative estimate of drug-likeness (QED) is 0.670. The molecule has 0 saturated carbocycles. The van der Waals surface area contributed by atoms with Crippen LogP contribution in [0.4, 0.5) is 0 Å². The summed E-state index contributed by atoms with van der Waals surface area (Å²) in [6.07, 6.45) is 0.337. The third-order valence-corrected chi connectivity index (χ3v) is 1.61. The first kappa shape index (κ1) is 9.73. The van der Waals surface area contributed by atoms with Gasteiger partial charge < -0.3 is 15.0 Å². The van der Waals surface area contributed by atoms with E-state index in [1.165, 1.54) is 7.11 Å². The van der Waals surface area contributed by atoms with E-state index in [0.29, 0.717) is 17.9 Å². The number of carbonyl (C=O) groups excluding carboxylic acids is 1. The lowest BCUT2D eigenvalue weighted by Crippen LogP contribution is -2.33. The Hall–Kier alpha value is -1.36. The SMILES string of the molecule is COC(=O)C(N)Cc1cc(C)on1. The Labute approximate surface area is 75.8 Å². The van der Waals surface area contributed by atoms with Gasteiger partial charge in [0.2, 0.25) is 0 Å². The third-order valence-electron chi connectivity index (χ3n) is 1.61. The Morgan fingerprint density at radius 1 is 1.85 bits per heavy atom. The summed E-state index contributed by atoms with van der Waals surface area (Å²) in [6, 6.07) is 1.07. The van der Waals surface area contributed by atoms with Gasteiger partial charge in [-0.1, -0.05) is 5.16 Å². The highest BCUT2D eigenvalue weighted by Gasteiger charge is 2.15. The minimum atomic E-state index is -0.672. The summed E-state index contributed by atoms with van der Waals surface area (Å²) in [5, 5.41) is 3.71. The number of carbonyl (C=O) groups is 1. The molecule has 0 spiro atoms. The van der Waals surface area contributed by atoms with E-state index in [1.807, 2.05) is 0 Å². The molecule has 1 unspecified atom stereocenters. The van der Waals surface area contributed by atoms with Crippen molar-refractivity contribution >= 4 is 5.97 Å². The highest BCUT2D eigenvalue weighted by Crippen LogP contribution is 2.04. The van der Waals surface area contributed by atoms with E-state index in [2.05, 4.69) is 9.89 Å². The van der Waals surface area contributed by atoms with E-state index in [0.717, 1.165) is 0 Å². The van der Waals surface area contributed by atoms with E-state index in [4.69, 9.17) is 10.3 Å². The zero-order chi connectivity index (χ0) is 9.84. The summed E-state index contributed by atoms with van der Waals surface area (Å²) in [6.45, 7) is 1.78. The molecule has 13 heavy (non-hydrogen) atoms. The van der Waals surface area contributed by atoms with Crippen molar-refractivity contribution in [3.8, 4) is 0 Å². The Morgan fingerprint density at radius 3 is 3.00 bits per heavy atom. The predicted molar refractivity (Wildman–Crippen MR) is 44.9 cm³/mol. The molecule has 0 aliphatic carbocycles. The Kier molecular flexibility index (Phi) is 3.02. The van der Waals surface area contributed by atoms with Crippen LogP contribution >= 0.6 is 0 Å². The molecule has 0 bridgehead atoms. The lowest BCUT2D eigenvalue weighted by Gasteiger charge is -2.05. The number of esters is 1. The Morgan fingerprint density at radius 2 is 2.54 bits per heavy atom. The molecule has 0 radical (unpaired) electrons. The molecule has 2 N–H and O–H groups in total. The first-order chi connectivity index (χ1) is 6.13. The summed E-state index contributed by atoms with van der Waals surface area (Å²) in [4.78, 5) is 10.9. The fraction of sp³-hybridized carbons (Fsp3) is 0.500. The molecule has 0 aliphatic rings. The average Bonchev–Trinajstić information content (AvgIpc) is 2.49. The van der Waals surface area contributed by atoms with Crippen LogP contribution in [0.25, 0.3) is 0 Å². The van der Waals surface area contributed by atoms with Crippen molar-refractivity contribution in [3.63, 3.8) is 0 Å². The molecule has 0 fully saturated rings. The van der Waals surface area contributed by atoms with E-state index in [1.54, 1.807) is 13.0 Å². The van der Waals surface area contributed by atoms with Gasteiger partial charge in [0.25, 0.3) is 0 Å². The molecule has 0 aliphatic heterocycles. The molecule has 5 nitrogen and oxygen atoms in total. The second-order valence-corrected chi connectivity index (χ2v) is 2.76. The van der Waals surface area contributed by atoms with Crippen molar-refractivity contribution in [3.05, 3.63) is 17.5 Å². The first-order valence-corrected chi connectivity index (χ1v) is 3.89. The number of nitrogens with two attached hydrogens (primary N) is 1. The molecule has 1 aromatic heterocycles. The molecule has 5 heteroatoms. The zero-order valence-corrected chi connectivity index (χ0v) is 7.61. The van der Waals surface area contributed by atoms with Crippen LogP contribution in [0.2, 0.25) is 0 Å². The summed E-state index contributed by atoms with van der Waals surface area (Å²) < 4.78 is 9.29. The summed E-state index contributed by atoms with van der Waals surface area (Å²) >= 11 is 0. The normalized spacial score (nSPS) is 12.5. The molecule has 1 aromatic rings. The van der Waals surface area contributed by atoms with Crippen LogP contribution in [0.5, 0.6) is 0 Å². The second kappa shape index (κ2) is 4.04. The lowest BCUT2D eigenvalue weighted by molar-refractivity contribution is -0.142. The minimum Gasteiger partial charge on any atom is -0.468 e. The van der Waals surface area contributed by atoms with Crippen molar-refractivity contribution in [2.75, 3.05) is 7.11 Å². The number of rotatable bonds is 3. The number of methoxy groups -OCH3 is 1. The maximum absolute atomic E-state index is 10.9.